The van der Waals surface area contributed by atoms with Gasteiger partial charge in [-0.05, 0) is 43.4 Å². The smallest absolute Gasteiger partial charge is 0.321 e. The molecule has 0 aromatic heterocycles. The maximum absolute atomic E-state index is 12.5. The van der Waals surface area contributed by atoms with Gasteiger partial charge < -0.3 is 15.1 Å². The number of aryl methyl sites for hydroxylation is 1. The highest BCUT2D eigenvalue weighted by atomic mass is 79.9. The molecule has 3 rings (SSSR count). The lowest BCUT2D eigenvalue weighted by Gasteiger charge is -2.35. The van der Waals surface area contributed by atoms with Crippen LogP contribution in [0, 0.1) is 12.8 Å². The molecule has 1 aliphatic heterocycles. The first kappa shape index (κ1) is 18.2. The van der Waals surface area contributed by atoms with Crippen LogP contribution in [0.2, 0.25) is 0 Å². The van der Waals surface area contributed by atoms with Crippen molar-refractivity contribution in [3.05, 3.63) is 28.2 Å². The predicted octanol–water partition coefficient (Wildman–Crippen LogP) is 4.01. The zero-order chi connectivity index (χ0) is 17.8. The molecule has 0 bridgehead atoms. The number of carbonyl (C=O) groups is 2. The summed E-state index contributed by atoms with van der Waals surface area (Å²) in [6.07, 6.45) is 5.60. The molecule has 1 aromatic rings. The van der Waals surface area contributed by atoms with E-state index in [9.17, 15) is 9.59 Å². The van der Waals surface area contributed by atoms with Crippen LogP contribution in [0.3, 0.4) is 0 Å². The lowest BCUT2D eigenvalue weighted by molar-refractivity contribution is -0.133. The van der Waals surface area contributed by atoms with Gasteiger partial charge in [-0.15, -0.1) is 0 Å². The zero-order valence-electron chi connectivity index (χ0n) is 14.8. The standard InChI is InChI=1S/C19H26BrN3O2/c1-14-6-7-16(20)13-17(14)21-19(25)23-10-8-22(9-11-23)18(24)12-15-4-2-3-5-15/h6-7,13,15H,2-5,8-12H2,1H3,(H,21,25). The topological polar surface area (TPSA) is 52.7 Å². The summed E-state index contributed by atoms with van der Waals surface area (Å²) in [6.45, 7) is 4.43. The summed E-state index contributed by atoms with van der Waals surface area (Å²) in [4.78, 5) is 28.6. The molecule has 1 saturated heterocycles. The highest BCUT2D eigenvalue weighted by Gasteiger charge is 2.27. The van der Waals surface area contributed by atoms with E-state index in [1.165, 1.54) is 25.7 Å². The van der Waals surface area contributed by atoms with Gasteiger partial charge in [0.05, 0.1) is 0 Å². The van der Waals surface area contributed by atoms with E-state index in [4.69, 9.17) is 0 Å². The molecule has 25 heavy (non-hydrogen) atoms. The van der Waals surface area contributed by atoms with Gasteiger partial charge in [-0.25, -0.2) is 4.79 Å². The number of anilines is 1. The van der Waals surface area contributed by atoms with Crippen molar-refractivity contribution in [2.45, 2.75) is 39.0 Å². The molecule has 2 fully saturated rings. The van der Waals surface area contributed by atoms with Crippen molar-refractivity contribution in [1.29, 1.82) is 0 Å². The largest absolute Gasteiger partial charge is 0.339 e. The molecule has 0 spiro atoms. The number of hydrogen-bond acceptors (Lipinski definition) is 2. The highest BCUT2D eigenvalue weighted by molar-refractivity contribution is 9.10. The molecule has 1 heterocycles. The third kappa shape index (κ3) is 4.75. The Morgan fingerprint density at radius 1 is 1.12 bits per heavy atom. The molecular weight excluding hydrogens is 382 g/mol. The van der Waals surface area contributed by atoms with Crippen LogP contribution < -0.4 is 5.32 Å². The van der Waals surface area contributed by atoms with Crippen LogP contribution in [0.5, 0.6) is 0 Å². The number of piperazine rings is 1. The van der Waals surface area contributed by atoms with Crippen molar-refractivity contribution in [1.82, 2.24) is 9.80 Å². The number of urea groups is 1. The summed E-state index contributed by atoms with van der Waals surface area (Å²) in [5.41, 5.74) is 1.85. The van der Waals surface area contributed by atoms with Gasteiger partial charge in [0.15, 0.2) is 0 Å². The van der Waals surface area contributed by atoms with Gasteiger partial charge in [0, 0.05) is 42.8 Å². The Bertz CT molecular complexity index is 636. The van der Waals surface area contributed by atoms with Crippen LogP contribution in [-0.2, 0) is 4.79 Å². The summed E-state index contributed by atoms with van der Waals surface area (Å²) in [6, 6.07) is 5.75. The molecule has 5 nitrogen and oxygen atoms in total. The third-order valence-corrected chi connectivity index (χ3v) is 5.79. The second kappa shape index (κ2) is 8.21. The van der Waals surface area contributed by atoms with Crippen molar-refractivity contribution < 1.29 is 9.59 Å². The average molecular weight is 408 g/mol. The number of halogens is 1. The van der Waals surface area contributed by atoms with Gasteiger partial charge in [0.1, 0.15) is 0 Å². The molecule has 1 aliphatic carbocycles. The molecular formula is C19H26BrN3O2. The summed E-state index contributed by atoms with van der Waals surface area (Å²) in [7, 11) is 0. The molecule has 6 heteroatoms. The van der Waals surface area contributed by atoms with Crippen LogP contribution in [0.1, 0.15) is 37.7 Å². The van der Waals surface area contributed by atoms with Gasteiger partial charge in [-0.2, -0.15) is 0 Å². The zero-order valence-corrected chi connectivity index (χ0v) is 16.3. The molecule has 3 amide bonds. The molecule has 1 N–H and O–H groups in total. The number of amides is 3. The number of benzene rings is 1. The van der Waals surface area contributed by atoms with Gasteiger partial charge in [0.2, 0.25) is 5.91 Å². The number of rotatable bonds is 3. The van der Waals surface area contributed by atoms with Crippen molar-refractivity contribution >= 4 is 33.6 Å². The first-order chi connectivity index (χ1) is 12.0. The van der Waals surface area contributed by atoms with Crippen LogP contribution in [0.25, 0.3) is 0 Å². The first-order valence-corrected chi connectivity index (χ1v) is 9.92. The Labute approximate surface area is 157 Å². The SMILES string of the molecule is Cc1ccc(Br)cc1NC(=O)N1CCN(C(=O)CC2CCCC2)CC1. The Kier molecular flexibility index (Phi) is 5.99. The average Bonchev–Trinajstić information content (AvgIpc) is 3.11. The molecule has 0 unspecified atom stereocenters. The van der Waals surface area contributed by atoms with Gasteiger partial charge in [-0.1, -0.05) is 34.8 Å². The highest BCUT2D eigenvalue weighted by Crippen LogP contribution is 2.28. The number of carbonyl (C=O) groups excluding carboxylic acids is 2. The van der Waals surface area contributed by atoms with E-state index in [2.05, 4.69) is 21.2 Å². The van der Waals surface area contributed by atoms with E-state index in [0.29, 0.717) is 38.5 Å². The maximum Gasteiger partial charge on any atom is 0.321 e. The van der Waals surface area contributed by atoms with E-state index in [0.717, 1.165) is 15.7 Å². The molecule has 1 saturated carbocycles. The minimum atomic E-state index is -0.0934. The Hall–Kier alpha value is -1.56. The van der Waals surface area contributed by atoms with Gasteiger partial charge >= 0.3 is 6.03 Å². The second-order valence-corrected chi connectivity index (χ2v) is 8.03. The summed E-state index contributed by atoms with van der Waals surface area (Å²) >= 11 is 3.43. The minimum absolute atomic E-state index is 0.0934. The Balaban J connectivity index is 1.48. The summed E-state index contributed by atoms with van der Waals surface area (Å²) < 4.78 is 0.940. The van der Waals surface area contributed by atoms with Crippen molar-refractivity contribution in [2.75, 3.05) is 31.5 Å². The van der Waals surface area contributed by atoms with Crippen LogP contribution >= 0.6 is 15.9 Å². The normalized spacial score (nSPS) is 18.5. The first-order valence-electron chi connectivity index (χ1n) is 9.13. The van der Waals surface area contributed by atoms with E-state index < -0.39 is 0 Å². The van der Waals surface area contributed by atoms with E-state index in [-0.39, 0.29) is 11.9 Å². The predicted molar refractivity (Wildman–Crippen MR) is 103 cm³/mol. The summed E-state index contributed by atoms with van der Waals surface area (Å²) in [5, 5.41) is 2.98. The maximum atomic E-state index is 12.5. The fraction of sp³-hybridized carbons (Fsp3) is 0.579. The Morgan fingerprint density at radius 3 is 2.44 bits per heavy atom. The van der Waals surface area contributed by atoms with Crippen LogP contribution in [0.4, 0.5) is 10.5 Å². The minimum Gasteiger partial charge on any atom is -0.339 e. The van der Waals surface area contributed by atoms with E-state index >= 15 is 0 Å². The molecule has 1 aromatic carbocycles. The van der Waals surface area contributed by atoms with Crippen molar-refractivity contribution in [3.8, 4) is 0 Å². The van der Waals surface area contributed by atoms with Gasteiger partial charge in [0.25, 0.3) is 0 Å². The Morgan fingerprint density at radius 2 is 1.76 bits per heavy atom. The molecule has 2 aliphatic rings. The molecule has 0 atom stereocenters. The fourth-order valence-electron chi connectivity index (χ4n) is 3.67. The summed E-state index contributed by atoms with van der Waals surface area (Å²) in [5.74, 6) is 0.836. The van der Waals surface area contributed by atoms with Gasteiger partial charge in [-0.3, -0.25) is 4.79 Å². The van der Waals surface area contributed by atoms with E-state index in [1.54, 1.807) is 4.90 Å². The van der Waals surface area contributed by atoms with Crippen LogP contribution in [0.15, 0.2) is 22.7 Å². The number of nitrogens with zero attached hydrogens (tertiary/aromatic N) is 2. The monoisotopic (exact) mass is 407 g/mol. The van der Waals surface area contributed by atoms with Crippen molar-refractivity contribution in [2.24, 2.45) is 5.92 Å². The number of hydrogen-bond donors (Lipinski definition) is 1. The third-order valence-electron chi connectivity index (χ3n) is 5.30. The molecule has 136 valence electrons. The lowest BCUT2D eigenvalue weighted by Crippen LogP contribution is -2.51. The molecule has 0 radical (unpaired) electrons. The second-order valence-electron chi connectivity index (χ2n) is 7.11. The van der Waals surface area contributed by atoms with Crippen molar-refractivity contribution in [3.63, 3.8) is 0 Å². The lowest BCUT2D eigenvalue weighted by atomic mass is 10.0. The number of nitrogens with one attached hydrogen (secondary N) is 1. The fourth-order valence-corrected chi connectivity index (χ4v) is 4.03. The van der Waals surface area contributed by atoms with E-state index in [1.807, 2.05) is 30.0 Å². The van der Waals surface area contributed by atoms with Crippen LogP contribution in [-0.4, -0.2) is 47.9 Å². The quantitative estimate of drug-likeness (QED) is 0.822.